The normalized spacial score (nSPS) is 30.0. The molecule has 5 aliphatic heterocycles. The molecule has 9 rings (SSSR count). The van der Waals surface area contributed by atoms with Crippen molar-refractivity contribution >= 4 is 27.5 Å². The molecule has 0 aliphatic carbocycles. The number of rotatable bonds is 6. The number of aryl methyl sites for hydroxylation is 1. The van der Waals surface area contributed by atoms with Crippen LogP contribution in [0.1, 0.15) is 57.9 Å². The predicted octanol–water partition coefficient (Wildman–Crippen LogP) is 5.98. The lowest BCUT2D eigenvalue weighted by Crippen LogP contribution is -2.63. The number of benzene rings is 2. The highest BCUT2D eigenvalue weighted by molar-refractivity contribution is 6.02. The van der Waals surface area contributed by atoms with Gasteiger partial charge in [0.25, 0.3) is 0 Å². The zero-order chi connectivity index (χ0) is 31.2. The summed E-state index contributed by atoms with van der Waals surface area (Å²) in [5.41, 5.74) is 1.85. The number of hydrogen-bond donors (Lipinski definition) is 1. The number of hydrogen-bond acceptors (Lipinski definition) is 8. The van der Waals surface area contributed by atoms with Gasteiger partial charge in [0.05, 0.1) is 11.6 Å². The van der Waals surface area contributed by atoms with Crippen molar-refractivity contribution in [1.82, 2.24) is 25.2 Å². The Balaban J connectivity index is 1.25. The molecule has 4 aromatic rings. The van der Waals surface area contributed by atoms with E-state index < -0.39 is 12.0 Å². The zero-order valence-corrected chi connectivity index (χ0v) is 26.4. The summed E-state index contributed by atoms with van der Waals surface area (Å²) >= 11 is 0. The van der Waals surface area contributed by atoms with E-state index in [4.69, 9.17) is 24.4 Å². The third kappa shape index (κ3) is 4.25. The summed E-state index contributed by atoms with van der Waals surface area (Å²) in [6.07, 6.45) is 4.98. The summed E-state index contributed by atoms with van der Waals surface area (Å²) in [4.78, 5) is 19.3. The Morgan fingerprint density at radius 2 is 1.93 bits per heavy atom. The van der Waals surface area contributed by atoms with Crippen molar-refractivity contribution in [3.05, 3.63) is 47.8 Å². The van der Waals surface area contributed by atoms with Gasteiger partial charge in [0.15, 0.2) is 5.82 Å². The maximum atomic E-state index is 17.2. The second kappa shape index (κ2) is 10.7. The highest BCUT2D eigenvalue weighted by Crippen LogP contribution is 2.46. The van der Waals surface area contributed by atoms with E-state index >= 15 is 4.39 Å². The van der Waals surface area contributed by atoms with E-state index in [1.165, 1.54) is 0 Å². The zero-order valence-electron chi connectivity index (χ0n) is 26.4. The van der Waals surface area contributed by atoms with E-state index in [0.717, 1.165) is 68.0 Å². The lowest BCUT2D eigenvalue weighted by molar-refractivity contribution is 0.107. The van der Waals surface area contributed by atoms with Gasteiger partial charge < -0.3 is 19.7 Å². The van der Waals surface area contributed by atoms with E-state index in [2.05, 4.69) is 47.2 Å². The topological polar surface area (TPSA) is 75.6 Å². The molecule has 4 saturated heterocycles. The first-order chi connectivity index (χ1) is 22.5. The van der Waals surface area contributed by atoms with Crippen LogP contribution in [-0.4, -0.2) is 82.0 Å². The van der Waals surface area contributed by atoms with Gasteiger partial charge in [0.2, 0.25) is 5.88 Å². The summed E-state index contributed by atoms with van der Waals surface area (Å²) in [5, 5.41) is 6.31. The number of nitrogens with one attached hydrogen (secondary N) is 1. The number of pyridine rings is 1. The molecule has 46 heavy (non-hydrogen) atoms. The van der Waals surface area contributed by atoms with Crippen LogP contribution in [0.25, 0.3) is 32.9 Å². The summed E-state index contributed by atoms with van der Waals surface area (Å²) in [6, 6.07) is 12.8. The molecule has 0 amide bonds. The Morgan fingerprint density at radius 1 is 1.07 bits per heavy atom. The van der Waals surface area contributed by atoms with Crippen LogP contribution in [0.2, 0.25) is 0 Å². The molecular formula is C36H40F2N6O2. The van der Waals surface area contributed by atoms with Crippen molar-refractivity contribution in [3.8, 4) is 23.1 Å². The van der Waals surface area contributed by atoms with Gasteiger partial charge in [-0.25, -0.2) is 13.8 Å². The van der Waals surface area contributed by atoms with Crippen LogP contribution in [-0.2, 0) is 6.42 Å². The van der Waals surface area contributed by atoms with Crippen LogP contribution in [0.4, 0.5) is 14.6 Å². The molecule has 0 radical (unpaired) electrons. The lowest BCUT2D eigenvalue weighted by atomic mass is 9.95. The first kappa shape index (κ1) is 28.6. The summed E-state index contributed by atoms with van der Waals surface area (Å²) in [7, 11) is 0. The molecule has 2 bridgehead atoms. The SMILES string of the molecule is CCc1cccc2cccc(-c3nc4c5c(nc(OC[C@@]67CCCN6C[C@H](F)C7)nc5c3F)N3C[C@H]5CC[C@H](N5)[C@H]3[C@H](CC)O4)c12. The summed E-state index contributed by atoms with van der Waals surface area (Å²) in [6.45, 7) is 6.56. The first-order valence-corrected chi connectivity index (χ1v) is 17.1. The van der Waals surface area contributed by atoms with E-state index in [0.29, 0.717) is 41.7 Å². The second-order valence-electron chi connectivity index (χ2n) is 13.9. The van der Waals surface area contributed by atoms with Crippen molar-refractivity contribution in [2.75, 3.05) is 31.1 Å². The number of anilines is 1. The third-order valence-corrected chi connectivity index (χ3v) is 11.4. The van der Waals surface area contributed by atoms with Gasteiger partial charge in [-0.2, -0.15) is 9.97 Å². The second-order valence-corrected chi connectivity index (χ2v) is 13.9. The van der Waals surface area contributed by atoms with Crippen LogP contribution in [0, 0.1) is 5.82 Å². The standard InChI is InChI=1S/C36H40F2N6O2/c1-3-20-8-5-9-21-10-6-11-24(27(20)21)30-29(38)31-28-33(42-35(41-31)45-19-36-14-7-15-43(36)17-22(37)16-36)44-18-23-12-13-25(39-23)32(44)26(4-2)46-34(28)40-30/h5-6,8-11,22-23,25-26,32,39H,3-4,7,12-19H2,1-2H3/t22-,23-,25+,26+,32+,36+/m1/s1. The minimum atomic E-state index is -0.867. The van der Waals surface area contributed by atoms with Crippen molar-refractivity contribution < 1.29 is 18.3 Å². The molecule has 6 atom stereocenters. The predicted molar refractivity (Wildman–Crippen MR) is 174 cm³/mol. The van der Waals surface area contributed by atoms with E-state index in [1.807, 2.05) is 18.2 Å². The fourth-order valence-corrected chi connectivity index (χ4v) is 9.26. The number of alkyl halides is 1. The van der Waals surface area contributed by atoms with E-state index in [-0.39, 0.29) is 47.6 Å². The number of halogens is 2. The Hall–Kier alpha value is -3.63. The average Bonchev–Trinajstić information content (AvgIpc) is 3.71. The Bertz CT molecular complexity index is 1850. The number of nitrogens with zero attached hydrogens (tertiary/aromatic N) is 5. The Kier molecular flexibility index (Phi) is 6.65. The fraction of sp³-hybridized carbons (Fsp3) is 0.528. The van der Waals surface area contributed by atoms with Gasteiger partial charge in [-0.1, -0.05) is 50.2 Å². The third-order valence-electron chi connectivity index (χ3n) is 11.4. The molecule has 10 heteroatoms. The molecule has 2 aromatic heterocycles. The highest BCUT2D eigenvalue weighted by atomic mass is 19.1. The van der Waals surface area contributed by atoms with Gasteiger partial charge in [-0.3, -0.25) is 4.90 Å². The fourth-order valence-electron chi connectivity index (χ4n) is 9.26. The summed E-state index contributed by atoms with van der Waals surface area (Å²) < 4.78 is 45.0. The van der Waals surface area contributed by atoms with E-state index in [1.54, 1.807) is 0 Å². The van der Waals surface area contributed by atoms with Crippen LogP contribution in [0.3, 0.4) is 0 Å². The minimum absolute atomic E-state index is 0.00528. The van der Waals surface area contributed by atoms with Crippen molar-refractivity contribution in [2.24, 2.45) is 0 Å². The molecule has 0 spiro atoms. The van der Waals surface area contributed by atoms with Gasteiger partial charge >= 0.3 is 6.01 Å². The molecule has 0 unspecified atom stereocenters. The largest absolute Gasteiger partial charge is 0.472 e. The van der Waals surface area contributed by atoms with Crippen molar-refractivity contribution in [1.29, 1.82) is 0 Å². The number of fused-ring (bicyclic) bond motifs is 7. The number of ether oxygens (including phenoxy) is 2. The molecule has 8 nitrogen and oxygen atoms in total. The Morgan fingerprint density at radius 3 is 2.78 bits per heavy atom. The van der Waals surface area contributed by atoms with Gasteiger partial charge in [-0.05, 0) is 61.4 Å². The lowest BCUT2D eigenvalue weighted by Gasteiger charge is -2.43. The Labute approximate surface area is 267 Å². The molecule has 1 N–H and O–H groups in total. The summed E-state index contributed by atoms with van der Waals surface area (Å²) in [5.74, 6) is 0.479. The smallest absolute Gasteiger partial charge is 0.319 e. The van der Waals surface area contributed by atoms with Gasteiger partial charge in [-0.15, -0.1) is 0 Å². The average molecular weight is 627 g/mol. The van der Waals surface area contributed by atoms with Crippen LogP contribution < -0.4 is 19.7 Å². The van der Waals surface area contributed by atoms with Crippen molar-refractivity contribution in [3.63, 3.8) is 0 Å². The molecule has 4 fully saturated rings. The quantitative estimate of drug-likeness (QED) is 0.280. The van der Waals surface area contributed by atoms with Crippen LogP contribution in [0.15, 0.2) is 36.4 Å². The van der Waals surface area contributed by atoms with Crippen LogP contribution >= 0.6 is 0 Å². The van der Waals surface area contributed by atoms with E-state index in [9.17, 15) is 4.39 Å². The molecule has 0 saturated carbocycles. The maximum Gasteiger partial charge on any atom is 0.319 e. The number of piperazine rings is 1. The molecule has 240 valence electrons. The van der Waals surface area contributed by atoms with Crippen molar-refractivity contribution in [2.45, 2.75) is 94.7 Å². The van der Waals surface area contributed by atoms with Gasteiger partial charge in [0.1, 0.15) is 41.3 Å². The van der Waals surface area contributed by atoms with Crippen LogP contribution in [0.5, 0.6) is 11.9 Å². The molecule has 2 aromatic carbocycles. The maximum absolute atomic E-state index is 17.2. The van der Waals surface area contributed by atoms with Gasteiger partial charge in [0, 0.05) is 37.2 Å². The monoisotopic (exact) mass is 626 g/mol. The number of aromatic nitrogens is 3. The minimum Gasteiger partial charge on any atom is -0.472 e. The highest BCUT2D eigenvalue weighted by Gasteiger charge is 2.50. The molecule has 5 aliphatic rings. The molecular weight excluding hydrogens is 586 g/mol. The molecule has 7 heterocycles. The first-order valence-electron chi connectivity index (χ1n) is 17.1.